The monoisotopic (exact) mass is 454 g/mol. The van der Waals surface area contributed by atoms with Gasteiger partial charge in [-0.1, -0.05) is 12.1 Å². The van der Waals surface area contributed by atoms with Gasteiger partial charge < -0.3 is 15.0 Å². The molecule has 1 aliphatic heterocycles. The van der Waals surface area contributed by atoms with Gasteiger partial charge in [0.15, 0.2) is 0 Å². The number of amides is 2. The Kier molecular flexibility index (Phi) is 8.37. The number of ether oxygens (including phenoxy) is 1. The number of rotatable bonds is 8. The normalized spacial score (nSPS) is 15.4. The average molecular weight is 455 g/mol. The quantitative estimate of drug-likeness (QED) is 0.485. The highest BCUT2D eigenvalue weighted by molar-refractivity contribution is 5.94. The SMILES string of the molecule is COc1ccc(CCC(=O)N2CCCN(C(C)C(=O)Nc3ccc([N+](=O)[O-])cc3)CC2)cc1. The molecule has 1 unspecified atom stereocenters. The van der Waals surface area contributed by atoms with Crippen molar-refractivity contribution in [2.24, 2.45) is 0 Å². The lowest BCUT2D eigenvalue weighted by Crippen LogP contribution is -2.44. The number of non-ortho nitro benzene ring substituents is 1. The van der Waals surface area contributed by atoms with Crippen molar-refractivity contribution in [2.45, 2.75) is 32.2 Å². The van der Waals surface area contributed by atoms with Gasteiger partial charge in [0.2, 0.25) is 11.8 Å². The summed E-state index contributed by atoms with van der Waals surface area (Å²) in [6.07, 6.45) is 1.92. The third kappa shape index (κ3) is 6.76. The molecule has 33 heavy (non-hydrogen) atoms. The number of hydrogen-bond acceptors (Lipinski definition) is 6. The Morgan fingerprint density at radius 1 is 1.06 bits per heavy atom. The van der Waals surface area contributed by atoms with Crippen molar-refractivity contribution >= 4 is 23.2 Å². The van der Waals surface area contributed by atoms with Gasteiger partial charge in [0.05, 0.1) is 18.1 Å². The lowest BCUT2D eigenvalue weighted by Gasteiger charge is -2.27. The zero-order valence-corrected chi connectivity index (χ0v) is 19.0. The number of anilines is 1. The topological polar surface area (TPSA) is 105 Å². The smallest absolute Gasteiger partial charge is 0.269 e. The molecule has 9 nitrogen and oxygen atoms in total. The maximum Gasteiger partial charge on any atom is 0.269 e. The predicted octanol–water partition coefficient (Wildman–Crippen LogP) is 3.10. The molecule has 0 spiro atoms. The molecule has 0 saturated carbocycles. The van der Waals surface area contributed by atoms with Gasteiger partial charge in [-0.15, -0.1) is 0 Å². The van der Waals surface area contributed by atoms with E-state index >= 15 is 0 Å². The molecule has 2 aromatic carbocycles. The summed E-state index contributed by atoms with van der Waals surface area (Å²) in [7, 11) is 1.63. The fourth-order valence-corrected chi connectivity index (χ4v) is 3.85. The number of nitro groups is 1. The molecule has 1 saturated heterocycles. The van der Waals surface area contributed by atoms with Crippen LogP contribution in [0.3, 0.4) is 0 Å². The summed E-state index contributed by atoms with van der Waals surface area (Å²) in [5.74, 6) is 0.739. The standard InChI is InChI=1S/C24H30N4O5/c1-18(24(30)25-20-7-9-21(10-8-20)28(31)32)26-14-3-15-27(17-16-26)23(29)13-6-19-4-11-22(33-2)12-5-19/h4-5,7-12,18H,3,6,13-17H2,1-2H3,(H,25,30). The van der Waals surface area contributed by atoms with Crippen molar-refractivity contribution < 1.29 is 19.2 Å². The molecule has 2 aromatic rings. The Labute approximate surface area is 193 Å². The number of carbonyl (C=O) groups is 2. The van der Waals surface area contributed by atoms with Crippen LogP contribution in [0.4, 0.5) is 11.4 Å². The summed E-state index contributed by atoms with van der Waals surface area (Å²) in [4.78, 5) is 39.7. The number of carbonyl (C=O) groups excluding carboxylic acids is 2. The van der Waals surface area contributed by atoms with Gasteiger partial charge in [0.25, 0.3) is 5.69 Å². The van der Waals surface area contributed by atoms with Crippen LogP contribution in [0.15, 0.2) is 48.5 Å². The Morgan fingerprint density at radius 2 is 1.76 bits per heavy atom. The first-order valence-electron chi connectivity index (χ1n) is 11.1. The number of benzene rings is 2. The summed E-state index contributed by atoms with van der Waals surface area (Å²) in [6, 6.07) is 13.1. The molecule has 3 rings (SSSR count). The highest BCUT2D eigenvalue weighted by atomic mass is 16.6. The van der Waals surface area contributed by atoms with Crippen LogP contribution in [0.5, 0.6) is 5.75 Å². The van der Waals surface area contributed by atoms with E-state index in [9.17, 15) is 19.7 Å². The summed E-state index contributed by atoms with van der Waals surface area (Å²) >= 11 is 0. The fraction of sp³-hybridized carbons (Fsp3) is 0.417. The van der Waals surface area contributed by atoms with Crippen LogP contribution in [0.2, 0.25) is 0 Å². The lowest BCUT2D eigenvalue weighted by atomic mass is 10.1. The van der Waals surface area contributed by atoms with E-state index in [2.05, 4.69) is 10.2 Å². The maximum atomic E-state index is 12.7. The first-order valence-corrected chi connectivity index (χ1v) is 11.1. The first-order chi connectivity index (χ1) is 15.9. The second-order valence-corrected chi connectivity index (χ2v) is 8.09. The van der Waals surface area contributed by atoms with E-state index in [1.165, 1.54) is 24.3 Å². The summed E-state index contributed by atoms with van der Waals surface area (Å²) in [5.41, 5.74) is 1.59. The minimum Gasteiger partial charge on any atom is -0.497 e. The van der Waals surface area contributed by atoms with Crippen molar-refractivity contribution in [2.75, 3.05) is 38.6 Å². The number of aryl methyl sites for hydroxylation is 1. The van der Waals surface area contributed by atoms with E-state index in [0.29, 0.717) is 38.2 Å². The molecule has 1 N–H and O–H groups in total. The van der Waals surface area contributed by atoms with Gasteiger partial charge in [0.1, 0.15) is 5.75 Å². The van der Waals surface area contributed by atoms with Crippen molar-refractivity contribution in [1.29, 1.82) is 0 Å². The van der Waals surface area contributed by atoms with Crippen molar-refractivity contribution in [3.63, 3.8) is 0 Å². The van der Waals surface area contributed by atoms with Crippen LogP contribution in [-0.2, 0) is 16.0 Å². The van der Waals surface area contributed by atoms with Crippen LogP contribution >= 0.6 is 0 Å². The van der Waals surface area contributed by atoms with Gasteiger partial charge in [-0.05, 0) is 49.6 Å². The summed E-state index contributed by atoms with van der Waals surface area (Å²) in [6.45, 7) is 4.42. The van der Waals surface area contributed by atoms with Gasteiger partial charge in [-0.3, -0.25) is 24.6 Å². The number of nitrogens with one attached hydrogen (secondary N) is 1. The molecule has 176 valence electrons. The van der Waals surface area contributed by atoms with Crippen molar-refractivity contribution in [1.82, 2.24) is 9.80 Å². The van der Waals surface area contributed by atoms with Crippen molar-refractivity contribution in [3.8, 4) is 5.75 Å². The highest BCUT2D eigenvalue weighted by Gasteiger charge is 2.25. The zero-order valence-electron chi connectivity index (χ0n) is 19.0. The van der Waals surface area contributed by atoms with E-state index in [1.807, 2.05) is 36.1 Å². The molecule has 1 fully saturated rings. The lowest BCUT2D eigenvalue weighted by molar-refractivity contribution is -0.384. The van der Waals surface area contributed by atoms with Gasteiger partial charge in [-0.2, -0.15) is 0 Å². The molecule has 0 aromatic heterocycles. The molecular formula is C24H30N4O5. The Bertz CT molecular complexity index is 962. The molecular weight excluding hydrogens is 424 g/mol. The van der Waals surface area contributed by atoms with Gasteiger partial charge in [-0.25, -0.2) is 0 Å². The average Bonchev–Trinajstić information content (AvgIpc) is 3.09. The summed E-state index contributed by atoms with van der Waals surface area (Å²) < 4.78 is 5.16. The van der Waals surface area contributed by atoms with E-state index in [1.54, 1.807) is 7.11 Å². The van der Waals surface area contributed by atoms with E-state index in [0.717, 1.165) is 24.3 Å². The minimum atomic E-state index is -0.477. The Hall–Kier alpha value is -3.46. The van der Waals surface area contributed by atoms with E-state index in [-0.39, 0.29) is 23.5 Å². The van der Waals surface area contributed by atoms with Crippen LogP contribution in [0.25, 0.3) is 0 Å². The first kappa shape index (κ1) is 24.2. The van der Waals surface area contributed by atoms with E-state index in [4.69, 9.17) is 4.74 Å². The van der Waals surface area contributed by atoms with Gasteiger partial charge in [0, 0.05) is 50.4 Å². The highest BCUT2D eigenvalue weighted by Crippen LogP contribution is 2.17. The molecule has 0 bridgehead atoms. The predicted molar refractivity (Wildman–Crippen MR) is 125 cm³/mol. The molecule has 1 atom stereocenters. The third-order valence-electron chi connectivity index (χ3n) is 5.94. The van der Waals surface area contributed by atoms with Crippen LogP contribution in [-0.4, -0.2) is 65.9 Å². The molecule has 0 aliphatic carbocycles. The molecule has 2 amide bonds. The Morgan fingerprint density at radius 3 is 2.39 bits per heavy atom. The van der Waals surface area contributed by atoms with Crippen LogP contribution in [0.1, 0.15) is 25.3 Å². The van der Waals surface area contributed by atoms with E-state index < -0.39 is 4.92 Å². The minimum absolute atomic E-state index is 0.0229. The number of methoxy groups -OCH3 is 1. The molecule has 1 aliphatic rings. The Balaban J connectivity index is 1.48. The number of hydrogen-bond donors (Lipinski definition) is 1. The molecule has 0 radical (unpaired) electrons. The third-order valence-corrected chi connectivity index (χ3v) is 5.94. The summed E-state index contributed by atoms with van der Waals surface area (Å²) in [5, 5.41) is 13.6. The van der Waals surface area contributed by atoms with Gasteiger partial charge >= 0.3 is 0 Å². The molecule has 9 heteroatoms. The van der Waals surface area contributed by atoms with Crippen molar-refractivity contribution in [3.05, 3.63) is 64.2 Å². The largest absolute Gasteiger partial charge is 0.497 e. The fourth-order valence-electron chi connectivity index (χ4n) is 3.85. The second-order valence-electron chi connectivity index (χ2n) is 8.09. The van der Waals surface area contributed by atoms with Crippen LogP contribution in [0, 0.1) is 10.1 Å². The zero-order chi connectivity index (χ0) is 23.8. The molecule has 1 heterocycles. The van der Waals surface area contributed by atoms with Crippen LogP contribution < -0.4 is 10.1 Å². The second kappa shape index (κ2) is 11.4. The number of nitrogens with zero attached hydrogens (tertiary/aromatic N) is 3. The number of nitro benzene ring substituents is 1. The maximum absolute atomic E-state index is 12.7.